The Bertz CT molecular complexity index is 539. The van der Waals surface area contributed by atoms with Gasteiger partial charge in [0, 0.05) is 32.7 Å². The van der Waals surface area contributed by atoms with Crippen LogP contribution in [-0.2, 0) is 6.54 Å². The van der Waals surface area contributed by atoms with Gasteiger partial charge in [0.15, 0.2) is 0 Å². The Balaban J connectivity index is 1.96. The molecule has 0 spiro atoms. The minimum absolute atomic E-state index is 0.212. The van der Waals surface area contributed by atoms with Crippen LogP contribution >= 0.6 is 0 Å². The van der Waals surface area contributed by atoms with Crippen molar-refractivity contribution in [2.24, 2.45) is 0 Å². The fourth-order valence-electron chi connectivity index (χ4n) is 1.45. The Morgan fingerprint density at radius 1 is 1.21 bits per heavy atom. The average Bonchev–Trinajstić information content (AvgIpc) is 2.46. The molecule has 6 heteroatoms. The number of nitrogens with one attached hydrogen (secondary N) is 1. The van der Waals surface area contributed by atoms with E-state index in [-0.39, 0.29) is 5.91 Å². The van der Waals surface area contributed by atoms with E-state index in [1.54, 1.807) is 11.1 Å². The van der Waals surface area contributed by atoms with Crippen molar-refractivity contribution in [3.63, 3.8) is 0 Å². The Kier molecular flexibility index (Phi) is 4.02. The molecule has 0 aliphatic heterocycles. The summed E-state index contributed by atoms with van der Waals surface area (Å²) in [4.78, 5) is 26.0. The first-order valence-corrected chi connectivity index (χ1v) is 5.84. The van der Waals surface area contributed by atoms with Gasteiger partial charge >= 0.3 is 0 Å². The summed E-state index contributed by atoms with van der Waals surface area (Å²) in [5, 5.41) is 2.77. The molecular weight excluding hydrogens is 242 g/mol. The van der Waals surface area contributed by atoms with E-state index in [1.807, 2.05) is 32.3 Å². The minimum Gasteiger partial charge on any atom is -0.347 e. The van der Waals surface area contributed by atoms with Crippen molar-refractivity contribution in [1.29, 1.82) is 0 Å². The zero-order chi connectivity index (χ0) is 13.7. The fraction of sp³-hybridized carbons (Fsp3) is 0.231. The van der Waals surface area contributed by atoms with Crippen molar-refractivity contribution < 1.29 is 4.79 Å². The van der Waals surface area contributed by atoms with E-state index in [9.17, 15) is 4.79 Å². The first-order valence-electron chi connectivity index (χ1n) is 5.84. The monoisotopic (exact) mass is 257 g/mol. The van der Waals surface area contributed by atoms with Gasteiger partial charge in [0.1, 0.15) is 0 Å². The smallest absolute Gasteiger partial charge is 0.254 e. The van der Waals surface area contributed by atoms with Gasteiger partial charge in [-0.05, 0) is 12.1 Å². The number of carbonyl (C=O) groups is 1. The molecule has 0 aliphatic rings. The van der Waals surface area contributed by atoms with Crippen LogP contribution in [-0.4, -0.2) is 35.0 Å². The number of rotatable bonds is 4. The molecule has 2 aromatic rings. The summed E-state index contributed by atoms with van der Waals surface area (Å²) in [6, 6.07) is 5.56. The molecule has 6 nitrogen and oxygen atoms in total. The summed E-state index contributed by atoms with van der Waals surface area (Å²) < 4.78 is 0. The molecule has 0 unspecified atom stereocenters. The molecule has 19 heavy (non-hydrogen) atoms. The third-order valence-corrected chi connectivity index (χ3v) is 2.46. The number of pyridine rings is 1. The maximum Gasteiger partial charge on any atom is 0.254 e. The van der Waals surface area contributed by atoms with Crippen LogP contribution in [0.15, 0.2) is 36.8 Å². The lowest BCUT2D eigenvalue weighted by Crippen LogP contribution is -2.24. The Morgan fingerprint density at radius 3 is 2.53 bits per heavy atom. The van der Waals surface area contributed by atoms with E-state index < -0.39 is 0 Å². The highest BCUT2D eigenvalue weighted by Crippen LogP contribution is 2.03. The van der Waals surface area contributed by atoms with Crippen molar-refractivity contribution in [2.45, 2.75) is 6.54 Å². The number of carbonyl (C=O) groups excluding carboxylic acids is 1. The van der Waals surface area contributed by atoms with E-state index >= 15 is 0 Å². The summed E-state index contributed by atoms with van der Waals surface area (Å²) in [6.45, 7) is 0.384. The molecule has 0 bridgehead atoms. The predicted octanol–water partition coefficient (Wildman–Crippen LogP) is 0.868. The van der Waals surface area contributed by atoms with Gasteiger partial charge in [-0.1, -0.05) is 6.07 Å². The minimum atomic E-state index is -0.212. The van der Waals surface area contributed by atoms with Crippen LogP contribution in [0, 0.1) is 0 Å². The molecule has 1 N–H and O–H groups in total. The molecule has 0 saturated heterocycles. The second-order valence-corrected chi connectivity index (χ2v) is 4.17. The second kappa shape index (κ2) is 5.90. The van der Waals surface area contributed by atoms with Crippen LogP contribution in [0.25, 0.3) is 0 Å². The molecule has 98 valence electrons. The molecule has 0 radical (unpaired) electrons. The number of aromatic nitrogens is 3. The second-order valence-electron chi connectivity index (χ2n) is 4.17. The summed E-state index contributed by atoms with van der Waals surface area (Å²) in [5.41, 5.74) is 1.24. The van der Waals surface area contributed by atoms with Gasteiger partial charge < -0.3 is 10.2 Å². The van der Waals surface area contributed by atoms with Crippen LogP contribution in [0.5, 0.6) is 0 Å². The van der Waals surface area contributed by atoms with E-state index in [1.165, 1.54) is 12.4 Å². The van der Waals surface area contributed by atoms with E-state index in [2.05, 4.69) is 20.3 Å². The molecular formula is C13H15N5O. The Morgan fingerprint density at radius 2 is 1.95 bits per heavy atom. The summed E-state index contributed by atoms with van der Waals surface area (Å²) in [6.07, 6.45) is 4.71. The van der Waals surface area contributed by atoms with Crippen LogP contribution < -0.4 is 10.2 Å². The summed E-state index contributed by atoms with van der Waals surface area (Å²) in [7, 11) is 3.69. The van der Waals surface area contributed by atoms with E-state index in [0.717, 1.165) is 5.69 Å². The first-order chi connectivity index (χ1) is 9.16. The zero-order valence-electron chi connectivity index (χ0n) is 10.9. The molecule has 2 rings (SSSR count). The SMILES string of the molecule is CN(C)c1ncc(C(=O)NCc2ccccn2)cn1. The predicted molar refractivity (Wildman–Crippen MR) is 71.8 cm³/mol. The largest absolute Gasteiger partial charge is 0.347 e. The summed E-state index contributed by atoms with van der Waals surface area (Å²) >= 11 is 0. The third-order valence-electron chi connectivity index (χ3n) is 2.46. The van der Waals surface area contributed by atoms with Crippen LogP contribution in [0.3, 0.4) is 0 Å². The standard InChI is InChI=1S/C13H15N5O/c1-18(2)13-16-7-10(8-17-13)12(19)15-9-11-5-3-4-6-14-11/h3-8H,9H2,1-2H3,(H,15,19). The van der Waals surface area contributed by atoms with E-state index in [0.29, 0.717) is 18.1 Å². The van der Waals surface area contributed by atoms with Crippen molar-refractivity contribution in [3.05, 3.63) is 48.0 Å². The lowest BCUT2D eigenvalue weighted by atomic mass is 10.3. The topological polar surface area (TPSA) is 71.0 Å². The normalized spacial score (nSPS) is 10.0. The van der Waals surface area contributed by atoms with Crippen LogP contribution in [0.4, 0.5) is 5.95 Å². The quantitative estimate of drug-likeness (QED) is 0.880. The summed E-state index contributed by atoms with van der Waals surface area (Å²) in [5.74, 6) is 0.359. The molecule has 0 aromatic carbocycles. The highest BCUT2D eigenvalue weighted by Gasteiger charge is 2.07. The first kappa shape index (κ1) is 12.9. The zero-order valence-corrected chi connectivity index (χ0v) is 10.9. The number of hydrogen-bond donors (Lipinski definition) is 1. The molecule has 2 aromatic heterocycles. The number of nitrogens with zero attached hydrogens (tertiary/aromatic N) is 4. The molecule has 0 aliphatic carbocycles. The van der Waals surface area contributed by atoms with Gasteiger partial charge in [0.2, 0.25) is 5.95 Å². The fourth-order valence-corrected chi connectivity index (χ4v) is 1.45. The van der Waals surface area contributed by atoms with E-state index in [4.69, 9.17) is 0 Å². The highest BCUT2D eigenvalue weighted by molar-refractivity contribution is 5.93. The van der Waals surface area contributed by atoms with Gasteiger partial charge in [0.25, 0.3) is 5.91 Å². The molecule has 2 heterocycles. The maximum atomic E-state index is 11.9. The Labute approximate surface area is 111 Å². The highest BCUT2D eigenvalue weighted by atomic mass is 16.1. The third kappa shape index (κ3) is 3.48. The van der Waals surface area contributed by atoms with Crippen molar-refractivity contribution >= 4 is 11.9 Å². The van der Waals surface area contributed by atoms with Gasteiger partial charge in [0.05, 0.1) is 17.8 Å². The maximum absolute atomic E-state index is 11.9. The molecule has 0 fully saturated rings. The van der Waals surface area contributed by atoms with Gasteiger partial charge in [-0.25, -0.2) is 9.97 Å². The Hall–Kier alpha value is -2.50. The van der Waals surface area contributed by atoms with Crippen LogP contribution in [0.1, 0.15) is 16.1 Å². The van der Waals surface area contributed by atoms with Gasteiger partial charge in [-0.2, -0.15) is 0 Å². The average molecular weight is 257 g/mol. The molecule has 1 amide bonds. The lowest BCUT2D eigenvalue weighted by molar-refractivity contribution is 0.0949. The van der Waals surface area contributed by atoms with Crippen molar-refractivity contribution in [1.82, 2.24) is 20.3 Å². The molecule has 0 saturated carbocycles. The number of anilines is 1. The van der Waals surface area contributed by atoms with Crippen LogP contribution in [0.2, 0.25) is 0 Å². The van der Waals surface area contributed by atoms with Crippen molar-refractivity contribution in [3.8, 4) is 0 Å². The lowest BCUT2D eigenvalue weighted by Gasteiger charge is -2.09. The van der Waals surface area contributed by atoms with Gasteiger partial charge in [-0.15, -0.1) is 0 Å². The molecule has 0 atom stereocenters. The van der Waals surface area contributed by atoms with Crippen molar-refractivity contribution in [2.75, 3.05) is 19.0 Å². The number of hydrogen-bond acceptors (Lipinski definition) is 5. The number of amides is 1. The van der Waals surface area contributed by atoms with Gasteiger partial charge in [-0.3, -0.25) is 9.78 Å².